The van der Waals surface area contributed by atoms with E-state index in [9.17, 15) is 10.5 Å². The highest BCUT2D eigenvalue weighted by atomic mass is 127. The molecule has 7 atom stereocenters. The van der Waals surface area contributed by atoms with Crippen LogP contribution in [0.2, 0.25) is 0 Å². The van der Waals surface area contributed by atoms with Crippen LogP contribution in [0.25, 0.3) is 44.3 Å². The first-order valence-corrected chi connectivity index (χ1v) is 20.5. The maximum Gasteiger partial charge on any atom is 0.0998 e. The predicted molar refractivity (Wildman–Crippen MR) is 221 cm³/mol. The van der Waals surface area contributed by atoms with E-state index in [4.69, 9.17) is 0 Å². The van der Waals surface area contributed by atoms with E-state index in [1.165, 1.54) is 58.7 Å². The van der Waals surface area contributed by atoms with Gasteiger partial charge in [0.15, 0.2) is 0 Å². The molecular weight excluding hydrogens is 774 g/mol. The van der Waals surface area contributed by atoms with Gasteiger partial charge in [0.05, 0.1) is 29.7 Å². The summed E-state index contributed by atoms with van der Waals surface area (Å²) in [5.41, 5.74) is 10.7. The van der Waals surface area contributed by atoms with Crippen LogP contribution in [0.3, 0.4) is 0 Å². The largest absolute Gasteiger partial charge is 0.335 e. The Bertz CT molecular complexity index is 2610. The Labute approximate surface area is 319 Å². The molecule has 1 aliphatic heterocycles. The molecule has 0 N–H and O–H groups in total. The third-order valence-corrected chi connectivity index (χ3v) is 15.2. The maximum atomic E-state index is 10.7. The van der Waals surface area contributed by atoms with E-state index in [-0.39, 0.29) is 27.7 Å². The second kappa shape index (κ2) is 12.1. The molecule has 4 aromatic carbocycles. The first-order chi connectivity index (χ1) is 25.0. The Balaban J connectivity index is 1.10. The predicted octanol–water partition coefficient (Wildman–Crippen LogP) is 12.1. The van der Waals surface area contributed by atoms with Crippen LogP contribution in [0, 0.1) is 34.5 Å². The van der Waals surface area contributed by atoms with Crippen molar-refractivity contribution in [3.8, 4) is 23.3 Å². The van der Waals surface area contributed by atoms with Crippen molar-refractivity contribution in [2.45, 2.75) is 45.3 Å². The summed E-state index contributed by atoms with van der Waals surface area (Å²) in [4.78, 5) is 2.79. The van der Waals surface area contributed by atoms with Gasteiger partial charge in [0.1, 0.15) is 0 Å². The number of benzene rings is 4. The van der Waals surface area contributed by atoms with Gasteiger partial charge in [-0.15, -0.1) is 23.1 Å². The minimum absolute atomic E-state index is 0.0302. The number of hydrogen-bond donors (Lipinski definition) is 0. The Morgan fingerprint density at radius 3 is 2.61 bits per heavy atom. The Morgan fingerprint density at radius 2 is 1.73 bits per heavy atom. The molecule has 0 radical (unpaired) electrons. The summed E-state index contributed by atoms with van der Waals surface area (Å²) in [7, 11) is 0. The smallest absolute Gasteiger partial charge is 0.0998 e. The number of thioether (sulfide) groups is 1. The molecule has 0 fully saturated rings. The zero-order valence-electron chi connectivity index (χ0n) is 27.8. The third-order valence-electron chi connectivity index (χ3n) is 11.4. The van der Waals surface area contributed by atoms with Crippen LogP contribution >= 0.6 is 45.7 Å². The quantitative estimate of drug-likeness (QED) is 0.102. The van der Waals surface area contributed by atoms with Crippen molar-refractivity contribution in [2.75, 3.05) is 0 Å². The number of halogens is 1. The molecule has 0 spiro atoms. The molecule has 2 aromatic heterocycles. The molecule has 10 rings (SSSR count). The van der Waals surface area contributed by atoms with Crippen molar-refractivity contribution in [1.29, 1.82) is 10.5 Å². The number of rotatable bonds is 3. The van der Waals surface area contributed by atoms with E-state index < -0.39 is 0 Å². The highest BCUT2D eigenvalue weighted by Gasteiger charge is 2.43. The lowest BCUT2D eigenvalue weighted by atomic mass is 9.76. The minimum atomic E-state index is -0.240. The van der Waals surface area contributed by atoms with Gasteiger partial charge in [-0.2, -0.15) is 10.5 Å². The fraction of sp³-hybridized carbons (Fsp3) is 0.200. The molecule has 3 heterocycles. The lowest BCUT2D eigenvalue weighted by Gasteiger charge is -2.38. The third kappa shape index (κ3) is 4.80. The molecule has 6 aromatic rings. The molecule has 0 saturated heterocycles. The van der Waals surface area contributed by atoms with Gasteiger partial charge in [-0.05, 0) is 82.1 Å². The number of thiophene rings is 1. The maximum absolute atomic E-state index is 10.7. The van der Waals surface area contributed by atoms with Gasteiger partial charge in [-0.25, -0.2) is 0 Å². The fourth-order valence-corrected chi connectivity index (χ4v) is 12.9. The number of aromatic nitrogens is 1. The van der Waals surface area contributed by atoms with Crippen LogP contribution in [0.5, 0.6) is 0 Å². The molecule has 0 bridgehead atoms. The van der Waals surface area contributed by atoms with E-state index in [0.29, 0.717) is 16.7 Å². The number of nitriles is 2. The molecule has 6 heteroatoms. The van der Waals surface area contributed by atoms with Crippen molar-refractivity contribution >= 4 is 78.8 Å². The lowest BCUT2D eigenvalue weighted by Crippen LogP contribution is -2.33. The van der Waals surface area contributed by atoms with Gasteiger partial charge >= 0.3 is 0 Å². The van der Waals surface area contributed by atoms with Crippen molar-refractivity contribution < 1.29 is 0 Å². The van der Waals surface area contributed by atoms with Crippen molar-refractivity contribution in [3.63, 3.8) is 0 Å². The summed E-state index contributed by atoms with van der Waals surface area (Å²) in [6.07, 6.45) is 14.9. The second-order valence-corrected chi connectivity index (χ2v) is 18.0. The van der Waals surface area contributed by atoms with E-state index in [1.807, 2.05) is 47.4 Å². The van der Waals surface area contributed by atoms with Gasteiger partial charge in [0.2, 0.25) is 0 Å². The highest BCUT2D eigenvalue weighted by molar-refractivity contribution is 14.1. The van der Waals surface area contributed by atoms with E-state index in [0.717, 1.165) is 17.5 Å². The van der Waals surface area contributed by atoms with Gasteiger partial charge in [0, 0.05) is 57.5 Å². The van der Waals surface area contributed by atoms with Crippen LogP contribution in [-0.4, -0.2) is 13.7 Å². The number of allylic oxidation sites excluding steroid dienone is 3. The Kier molecular flexibility index (Phi) is 7.47. The molecule has 246 valence electrons. The molecule has 3 nitrogen and oxygen atoms in total. The Morgan fingerprint density at radius 1 is 0.863 bits per heavy atom. The first kappa shape index (κ1) is 31.4. The molecule has 4 aliphatic rings. The molecule has 0 amide bonds. The van der Waals surface area contributed by atoms with Crippen molar-refractivity contribution in [3.05, 3.63) is 148 Å². The molecular formula is C45H32IN3S2. The van der Waals surface area contributed by atoms with Crippen LogP contribution in [0.1, 0.15) is 63.2 Å². The molecule has 51 heavy (non-hydrogen) atoms. The highest BCUT2D eigenvalue weighted by Crippen LogP contribution is 2.57. The molecule has 0 saturated carbocycles. The fourth-order valence-electron chi connectivity index (χ4n) is 9.09. The van der Waals surface area contributed by atoms with Gasteiger partial charge in [-0.1, -0.05) is 114 Å². The van der Waals surface area contributed by atoms with Crippen LogP contribution in [-0.2, 0) is 6.42 Å². The summed E-state index contributed by atoms with van der Waals surface area (Å²) >= 11 is 6.52. The number of fused-ring (bicyclic) bond motifs is 10. The zero-order valence-corrected chi connectivity index (χ0v) is 31.6. The van der Waals surface area contributed by atoms with Crippen molar-refractivity contribution in [1.82, 2.24) is 4.57 Å². The van der Waals surface area contributed by atoms with Gasteiger partial charge in [-0.3, -0.25) is 0 Å². The summed E-state index contributed by atoms with van der Waals surface area (Å²) in [6, 6.07) is 35.7. The summed E-state index contributed by atoms with van der Waals surface area (Å²) in [6.45, 7) is 2.29. The number of hydrogen-bond acceptors (Lipinski definition) is 4. The SMILES string of the molecule is CC1C=Cc2c(c3ccccc3n2C2C(C#N)C=CC(I)C2c2ccc3c(c2)C2c4sc5ccc(-c6ccccc6C#N)cc5c4C=CC2S3)C1. The monoisotopic (exact) mass is 805 g/mol. The van der Waals surface area contributed by atoms with E-state index >= 15 is 0 Å². The van der Waals surface area contributed by atoms with Crippen LogP contribution < -0.4 is 0 Å². The lowest BCUT2D eigenvalue weighted by molar-refractivity contribution is 0.368. The average Bonchev–Trinajstić information content (AvgIpc) is 3.83. The Hall–Kier alpha value is -4.34. The zero-order chi connectivity index (χ0) is 34.4. The summed E-state index contributed by atoms with van der Waals surface area (Å²) < 4.78 is 4.05. The normalized spacial score (nSPS) is 25.6. The summed E-state index contributed by atoms with van der Waals surface area (Å²) in [5, 5.41) is 23.4. The first-order valence-electron chi connectivity index (χ1n) is 17.6. The van der Waals surface area contributed by atoms with E-state index in [1.54, 1.807) is 0 Å². The average molecular weight is 806 g/mol. The number of para-hydroxylation sites is 1. The standard InChI is InChI=1S/C45H32IN3S2/c1-25-10-16-38-33(20-25)31-8-4-5-9-37(31)49(38)44-29(24-48)11-15-36(46)42(44)27-13-18-40-35(22-27)43-41(50-40)19-14-32-34-21-26(12-17-39(34)51-45(32)43)30-7-3-2-6-28(30)23-47/h2-19,21-22,25,29,36,41-44H,20H2,1H3. The molecule has 3 aliphatic carbocycles. The van der Waals surface area contributed by atoms with E-state index in [2.05, 4.69) is 143 Å². The van der Waals surface area contributed by atoms with Gasteiger partial charge in [0.25, 0.3) is 0 Å². The van der Waals surface area contributed by atoms with Crippen LogP contribution in [0.4, 0.5) is 0 Å². The number of alkyl halides is 1. The number of nitrogens with zero attached hydrogens (tertiary/aromatic N) is 3. The summed E-state index contributed by atoms with van der Waals surface area (Å²) in [5.74, 6) is 0.661. The topological polar surface area (TPSA) is 52.5 Å². The molecule has 7 unspecified atom stereocenters. The van der Waals surface area contributed by atoms with Crippen molar-refractivity contribution in [2.24, 2.45) is 11.8 Å². The van der Waals surface area contributed by atoms with Gasteiger partial charge < -0.3 is 4.57 Å². The van der Waals surface area contributed by atoms with Crippen LogP contribution in [0.15, 0.2) is 114 Å². The minimum Gasteiger partial charge on any atom is -0.335 e. The second-order valence-electron chi connectivity index (χ2n) is 14.3.